The van der Waals surface area contributed by atoms with Crippen LogP contribution < -0.4 is 11.1 Å². The molecule has 0 saturated carbocycles. The molecule has 1 aromatic rings. The van der Waals surface area contributed by atoms with E-state index in [0.29, 0.717) is 12.5 Å². The second-order valence-electron chi connectivity index (χ2n) is 2.48. The van der Waals surface area contributed by atoms with Gasteiger partial charge in [-0.2, -0.15) is 0 Å². The lowest BCUT2D eigenvalue weighted by atomic mass is 10.1. The molecule has 0 radical (unpaired) electrons. The van der Waals surface area contributed by atoms with E-state index in [-0.39, 0.29) is 24.0 Å². The van der Waals surface area contributed by atoms with Crippen LogP contribution in [-0.4, -0.2) is 5.96 Å². The van der Waals surface area contributed by atoms with E-state index < -0.39 is 0 Å². The van der Waals surface area contributed by atoms with Gasteiger partial charge >= 0.3 is 0 Å². The summed E-state index contributed by atoms with van der Waals surface area (Å²) in [5.74, 6) is 0.503. The van der Waals surface area contributed by atoms with Crippen LogP contribution in [0.5, 0.6) is 0 Å². The second-order valence-corrected chi connectivity index (χ2v) is 2.48. The second kappa shape index (κ2) is 3.75. The zero-order chi connectivity index (χ0) is 7.68. The number of nitrogens with zero attached hydrogens (tertiary/aromatic N) is 1. The zero-order valence-corrected chi connectivity index (χ0v) is 8.78. The minimum atomic E-state index is 0. The first kappa shape index (κ1) is 9.31. The molecule has 2 rings (SSSR count). The Hall–Kier alpha value is -0.780. The van der Waals surface area contributed by atoms with Crippen molar-refractivity contribution in [3.8, 4) is 0 Å². The third-order valence-electron chi connectivity index (χ3n) is 1.70. The number of hydrogen-bond acceptors (Lipinski definition) is 3. The van der Waals surface area contributed by atoms with E-state index >= 15 is 0 Å². The van der Waals surface area contributed by atoms with Gasteiger partial charge in [-0.15, -0.1) is 24.0 Å². The van der Waals surface area contributed by atoms with Crippen molar-refractivity contribution in [3.63, 3.8) is 0 Å². The average molecular weight is 275 g/mol. The van der Waals surface area contributed by atoms with E-state index in [9.17, 15) is 0 Å². The molecule has 1 heterocycles. The largest absolute Gasteiger partial charge is 0.370 e. The normalized spacial score (nSPS) is 13.5. The summed E-state index contributed by atoms with van der Waals surface area (Å²) < 4.78 is 0. The number of anilines is 1. The molecule has 1 aliphatic heterocycles. The Morgan fingerprint density at radius 2 is 2.08 bits per heavy atom. The highest BCUT2D eigenvalue weighted by atomic mass is 127. The third-order valence-corrected chi connectivity index (χ3v) is 1.70. The van der Waals surface area contributed by atoms with Gasteiger partial charge in [0.05, 0.1) is 6.54 Å². The van der Waals surface area contributed by atoms with Gasteiger partial charge < -0.3 is 11.1 Å². The Bertz CT molecular complexity index is 309. The monoisotopic (exact) mass is 275 g/mol. The van der Waals surface area contributed by atoms with Crippen molar-refractivity contribution >= 4 is 35.6 Å². The van der Waals surface area contributed by atoms with Crippen molar-refractivity contribution in [2.24, 2.45) is 10.7 Å². The van der Waals surface area contributed by atoms with E-state index in [1.165, 1.54) is 5.56 Å². The molecule has 64 valence electrons. The Morgan fingerprint density at radius 3 is 2.92 bits per heavy atom. The van der Waals surface area contributed by atoms with Crippen LogP contribution in [0.15, 0.2) is 29.3 Å². The molecule has 4 heteroatoms. The van der Waals surface area contributed by atoms with Gasteiger partial charge in [-0.1, -0.05) is 18.2 Å². The van der Waals surface area contributed by atoms with Crippen molar-refractivity contribution in [1.29, 1.82) is 0 Å². The number of para-hydroxylation sites is 1. The van der Waals surface area contributed by atoms with Crippen LogP contribution in [0.3, 0.4) is 0 Å². The fraction of sp³-hybridized carbons (Fsp3) is 0.125. The predicted octanol–water partition coefficient (Wildman–Crippen LogP) is 1.54. The molecule has 1 aliphatic rings. The summed E-state index contributed by atoms with van der Waals surface area (Å²) in [5, 5.41) is 2.99. The molecule has 0 saturated heterocycles. The quantitative estimate of drug-likeness (QED) is 0.706. The summed E-state index contributed by atoms with van der Waals surface area (Å²) in [6.45, 7) is 0.689. The molecule has 0 fully saturated rings. The molecule has 0 spiro atoms. The molecule has 3 N–H and O–H groups in total. The lowest BCUT2D eigenvalue weighted by molar-refractivity contribution is 1.04. The number of nitrogens with two attached hydrogens (primary N) is 1. The number of fused-ring (bicyclic) bond motifs is 1. The van der Waals surface area contributed by atoms with Gasteiger partial charge in [-0.25, -0.2) is 4.99 Å². The highest BCUT2D eigenvalue weighted by Gasteiger charge is 2.06. The van der Waals surface area contributed by atoms with Crippen LogP contribution in [0.25, 0.3) is 0 Å². The first-order valence-corrected chi connectivity index (χ1v) is 3.51. The van der Waals surface area contributed by atoms with Crippen molar-refractivity contribution in [2.75, 3.05) is 5.32 Å². The lowest BCUT2D eigenvalue weighted by Gasteiger charge is -2.14. The van der Waals surface area contributed by atoms with Crippen molar-refractivity contribution in [2.45, 2.75) is 6.54 Å². The van der Waals surface area contributed by atoms with E-state index in [1.807, 2.05) is 24.3 Å². The van der Waals surface area contributed by atoms with Crippen molar-refractivity contribution < 1.29 is 0 Å². The lowest BCUT2D eigenvalue weighted by Crippen LogP contribution is -2.25. The number of benzene rings is 1. The molecule has 1 aromatic carbocycles. The molecule has 0 aromatic heterocycles. The number of guanidine groups is 1. The van der Waals surface area contributed by atoms with E-state index in [1.54, 1.807) is 0 Å². The Balaban J connectivity index is 0.000000720. The van der Waals surface area contributed by atoms with Crippen LogP contribution in [0.4, 0.5) is 5.69 Å². The Kier molecular flexibility index (Phi) is 2.91. The number of nitrogens with one attached hydrogen (secondary N) is 1. The summed E-state index contributed by atoms with van der Waals surface area (Å²) in [5.41, 5.74) is 7.75. The highest BCUT2D eigenvalue weighted by molar-refractivity contribution is 14.0. The smallest absolute Gasteiger partial charge is 0.193 e. The summed E-state index contributed by atoms with van der Waals surface area (Å²) >= 11 is 0. The highest BCUT2D eigenvalue weighted by Crippen LogP contribution is 2.18. The van der Waals surface area contributed by atoms with E-state index in [0.717, 1.165) is 5.69 Å². The molecule has 0 atom stereocenters. The number of aliphatic imine (C=N–C) groups is 1. The van der Waals surface area contributed by atoms with Gasteiger partial charge in [0.2, 0.25) is 0 Å². The molecular weight excluding hydrogens is 265 g/mol. The van der Waals surface area contributed by atoms with Gasteiger partial charge in [0.1, 0.15) is 0 Å². The zero-order valence-electron chi connectivity index (χ0n) is 6.45. The van der Waals surface area contributed by atoms with Gasteiger partial charge in [-0.05, 0) is 11.6 Å². The molecule has 3 nitrogen and oxygen atoms in total. The van der Waals surface area contributed by atoms with Gasteiger partial charge in [0.15, 0.2) is 5.96 Å². The fourth-order valence-corrected chi connectivity index (χ4v) is 1.13. The molecular formula is C8H10IN3. The first-order valence-electron chi connectivity index (χ1n) is 3.51. The summed E-state index contributed by atoms with van der Waals surface area (Å²) in [6, 6.07) is 8.01. The van der Waals surface area contributed by atoms with Crippen molar-refractivity contribution in [3.05, 3.63) is 29.8 Å². The SMILES string of the molecule is I.NC1=NCc2ccccc2N1. The standard InChI is InChI=1S/C8H9N3.HI/c9-8-10-5-6-3-1-2-4-7(6)11-8;/h1-4H,5H2,(H3,9,10,11);1H. The molecule has 0 bridgehead atoms. The Labute approximate surface area is 88.1 Å². The third kappa shape index (κ3) is 1.69. The minimum Gasteiger partial charge on any atom is -0.370 e. The van der Waals surface area contributed by atoms with Gasteiger partial charge in [0.25, 0.3) is 0 Å². The number of rotatable bonds is 0. The maximum absolute atomic E-state index is 5.49. The summed E-state index contributed by atoms with van der Waals surface area (Å²) in [4.78, 5) is 4.05. The van der Waals surface area contributed by atoms with Crippen LogP contribution in [-0.2, 0) is 6.54 Å². The van der Waals surface area contributed by atoms with E-state index in [4.69, 9.17) is 5.73 Å². The topological polar surface area (TPSA) is 50.4 Å². The van der Waals surface area contributed by atoms with Crippen LogP contribution in [0.1, 0.15) is 5.56 Å². The minimum absolute atomic E-state index is 0. The first-order chi connectivity index (χ1) is 5.36. The summed E-state index contributed by atoms with van der Waals surface area (Å²) in [7, 11) is 0. The Morgan fingerprint density at radius 1 is 1.33 bits per heavy atom. The van der Waals surface area contributed by atoms with Crippen LogP contribution >= 0.6 is 24.0 Å². The van der Waals surface area contributed by atoms with E-state index in [2.05, 4.69) is 10.3 Å². The molecule has 0 unspecified atom stereocenters. The maximum Gasteiger partial charge on any atom is 0.193 e. The molecule has 12 heavy (non-hydrogen) atoms. The van der Waals surface area contributed by atoms with Crippen LogP contribution in [0, 0.1) is 0 Å². The number of hydrogen-bond donors (Lipinski definition) is 2. The van der Waals surface area contributed by atoms with Crippen molar-refractivity contribution in [1.82, 2.24) is 0 Å². The van der Waals surface area contributed by atoms with Crippen LogP contribution in [0.2, 0.25) is 0 Å². The average Bonchev–Trinajstić information content (AvgIpc) is 2.04. The van der Waals surface area contributed by atoms with Gasteiger partial charge in [-0.3, -0.25) is 0 Å². The predicted molar refractivity (Wildman–Crippen MR) is 60.8 cm³/mol. The molecule has 0 amide bonds. The summed E-state index contributed by atoms with van der Waals surface area (Å²) in [6.07, 6.45) is 0. The maximum atomic E-state index is 5.49. The molecule has 0 aliphatic carbocycles. The fourth-order valence-electron chi connectivity index (χ4n) is 1.13. The van der Waals surface area contributed by atoms with Gasteiger partial charge in [0, 0.05) is 5.69 Å². The number of halogens is 1.